The van der Waals surface area contributed by atoms with Gasteiger partial charge in [0.2, 0.25) is 5.91 Å². The highest BCUT2D eigenvalue weighted by Crippen LogP contribution is 2.32. The van der Waals surface area contributed by atoms with Crippen LogP contribution in [0.4, 0.5) is 0 Å². The Morgan fingerprint density at radius 1 is 1.25 bits per heavy atom. The van der Waals surface area contributed by atoms with Gasteiger partial charge in [-0.25, -0.2) is 0 Å². The summed E-state index contributed by atoms with van der Waals surface area (Å²) in [7, 11) is 0. The highest BCUT2D eigenvalue weighted by Gasteiger charge is 2.25. The molecule has 1 aromatic rings. The highest BCUT2D eigenvalue weighted by molar-refractivity contribution is 6.17. The minimum Gasteiger partial charge on any atom is -0.483 e. The Morgan fingerprint density at radius 3 is 2.54 bits per heavy atom. The van der Waals surface area contributed by atoms with Crippen LogP contribution in [-0.2, 0) is 15.0 Å². The number of aryl methyl sites for hydroxylation is 1. The maximum absolute atomic E-state index is 12.6. The van der Waals surface area contributed by atoms with Crippen molar-refractivity contribution in [2.75, 3.05) is 25.6 Å². The predicted octanol–water partition coefficient (Wildman–Crippen LogP) is 3.80. The second kappa shape index (κ2) is 10.1. The summed E-state index contributed by atoms with van der Waals surface area (Å²) in [4.78, 5) is 26.2. The van der Waals surface area contributed by atoms with Crippen LogP contribution in [0.15, 0.2) is 18.2 Å². The van der Waals surface area contributed by atoms with Crippen LogP contribution < -0.4 is 10.1 Å². The number of alkyl halides is 1. The number of hydrogen-bond acceptors (Lipinski definition) is 3. The van der Waals surface area contributed by atoms with E-state index in [0.29, 0.717) is 31.8 Å². The van der Waals surface area contributed by atoms with E-state index in [1.165, 1.54) is 5.56 Å². The summed E-state index contributed by atoms with van der Waals surface area (Å²) >= 11 is 5.62. The van der Waals surface area contributed by atoms with Crippen LogP contribution in [0.5, 0.6) is 5.75 Å². The standard InChI is InChI=1S/C22H33ClN2O3/c1-16-7-8-19(18(14-16)22(2,3)4)28-15-21(27)25-12-9-17(10-13-25)24-20(26)6-5-11-23/h7-8,14,17H,5-6,9-13,15H2,1-4H3,(H,24,26). The third-order valence-corrected chi connectivity index (χ3v) is 5.31. The van der Waals surface area contributed by atoms with Crippen molar-refractivity contribution in [3.8, 4) is 5.75 Å². The van der Waals surface area contributed by atoms with E-state index >= 15 is 0 Å². The number of halogens is 1. The Bertz CT molecular complexity index is 677. The average molecular weight is 409 g/mol. The number of benzene rings is 1. The van der Waals surface area contributed by atoms with Crippen molar-refractivity contribution >= 4 is 23.4 Å². The molecule has 1 heterocycles. The highest BCUT2D eigenvalue weighted by atomic mass is 35.5. The molecule has 156 valence electrons. The lowest BCUT2D eigenvalue weighted by Gasteiger charge is -2.32. The van der Waals surface area contributed by atoms with Gasteiger partial charge < -0.3 is 15.0 Å². The molecule has 0 bridgehead atoms. The van der Waals surface area contributed by atoms with Crippen LogP contribution in [0.2, 0.25) is 0 Å². The molecule has 2 amide bonds. The lowest BCUT2D eigenvalue weighted by atomic mass is 9.85. The van der Waals surface area contributed by atoms with Gasteiger partial charge >= 0.3 is 0 Å². The first-order chi connectivity index (χ1) is 13.2. The molecule has 6 heteroatoms. The molecule has 5 nitrogen and oxygen atoms in total. The molecule has 0 saturated carbocycles. The van der Waals surface area contributed by atoms with Crippen LogP contribution in [0.25, 0.3) is 0 Å². The van der Waals surface area contributed by atoms with Crippen molar-refractivity contribution in [2.45, 2.75) is 64.8 Å². The molecule has 1 fully saturated rings. The summed E-state index contributed by atoms with van der Waals surface area (Å²) in [5.41, 5.74) is 2.24. The van der Waals surface area contributed by atoms with Gasteiger partial charge in [-0.05, 0) is 43.2 Å². The quantitative estimate of drug-likeness (QED) is 0.698. The molecule has 0 aliphatic carbocycles. The number of hydrogen-bond donors (Lipinski definition) is 1. The van der Waals surface area contributed by atoms with Gasteiger partial charge in [-0.3, -0.25) is 9.59 Å². The van der Waals surface area contributed by atoms with Crippen LogP contribution in [-0.4, -0.2) is 48.3 Å². The molecule has 0 unspecified atom stereocenters. The number of piperidine rings is 1. The predicted molar refractivity (Wildman–Crippen MR) is 113 cm³/mol. The van der Waals surface area contributed by atoms with Crippen molar-refractivity contribution in [2.24, 2.45) is 0 Å². The van der Waals surface area contributed by atoms with Crippen LogP contribution >= 0.6 is 11.6 Å². The SMILES string of the molecule is Cc1ccc(OCC(=O)N2CCC(NC(=O)CCCCl)CC2)c(C(C)(C)C)c1. The molecule has 28 heavy (non-hydrogen) atoms. The van der Waals surface area contributed by atoms with Gasteiger partial charge in [-0.1, -0.05) is 38.5 Å². The molecule has 1 aliphatic rings. The van der Waals surface area contributed by atoms with Gasteiger partial charge in [0.15, 0.2) is 6.61 Å². The van der Waals surface area contributed by atoms with Gasteiger partial charge in [-0.2, -0.15) is 0 Å². The molecule has 1 saturated heterocycles. The fraction of sp³-hybridized carbons (Fsp3) is 0.636. The van der Waals surface area contributed by atoms with E-state index in [1.54, 1.807) is 0 Å². The Balaban J connectivity index is 1.83. The molecule has 0 atom stereocenters. The van der Waals surface area contributed by atoms with Gasteiger partial charge in [-0.15, -0.1) is 11.6 Å². The molecular weight excluding hydrogens is 376 g/mol. The van der Waals surface area contributed by atoms with Crippen molar-refractivity contribution < 1.29 is 14.3 Å². The van der Waals surface area contributed by atoms with Crippen LogP contribution in [0.1, 0.15) is 57.6 Å². The summed E-state index contributed by atoms with van der Waals surface area (Å²) in [5, 5.41) is 3.03. The fourth-order valence-corrected chi connectivity index (χ4v) is 3.52. The third kappa shape index (κ3) is 6.69. The first-order valence-electron chi connectivity index (χ1n) is 10.1. The molecule has 0 spiro atoms. The zero-order valence-electron chi connectivity index (χ0n) is 17.5. The number of ether oxygens (including phenoxy) is 1. The molecule has 0 aromatic heterocycles. The third-order valence-electron chi connectivity index (χ3n) is 5.04. The second-order valence-electron chi connectivity index (χ2n) is 8.55. The summed E-state index contributed by atoms with van der Waals surface area (Å²) in [6, 6.07) is 6.22. The second-order valence-corrected chi connectivity index (χ2v) is 8.93. The minimum absolute atomic E-state index is 0.00708. The normalized spacial score (nSPS) is 15.4. The lowest BCUT2D eigenvalue weighted by Crippen LogP contribution is -2.47. The zero-order chi connectivity index (χ0) is 20.7. The van der Waals surface area contributed by atoms with E-state index in [9.17, 15) is 9.59 Å². The Morgan fingerprint density at radius 2 is 1.93 bits per heavy atom. The largest absolute Gasteiger partial charge is 0.483 e. The Labute approximate surface area is 173 Å². The van der Waals surface area contributed by atoms with Gasteiger partial charge in [0.25, 0.3) is 5.91 Å². The van der Waals surface area contributed by atoms with Crippen molar-refractivity contribution in [3.05, 3.63) is 29.3 Å². The molecule has 2 rings (SSSR count). The molecule has 1 aliphatic heterocycles. The number of nitrogens with zero attached hydrogens (tertiary/aromatic N) is 1. The Kier molecular flexibility index (Phi) is 8.17. The maximum Gasteiger partial charge on any atom is 0.260 e. The van der Waals surface area contributed by atoms with E-state index in [-0.39, 0.29) is 29.9 Å². The maximum atomic E-state index is 12.6. The van der Waals surface area contributed by atoms with Gasteiger partial charge in [0, 0.05) is 31.4 Å². The average Bonchev–Trinajstić information content (AvgIpc) is 2.65. The first-order valence-corrected chi connectivity index (χ1v) is 10.6. The van der Waals surface area contributed by atoms with Crippen molar-refractivity contribution in [1.82, 2.24) is 10.2 Å². The summed E-state index contributed by atoms with van der Waals surface area (Å²) < 4.78 is 5.90. The lowest BCUT2D eigenvalue weighted by molar-refractivity contribution is -0.134. The van der Waals surface area contributed by atoms with E-state index in [4.69, 9.17) is 16.3 Å². The number of rotatable bonds is 7. The smallest absolute Gasteiger partial charge is 0.260 e. The number of nitrogens with one attached hydrogen (secondary N) is 1. The number of likely N-dealkylation sites (tertiary alicyclic amines) is 1. The monoisotopic (exact) mass is 408 g/mol. The minimum atomic E-state index is -0.0512. The fourth-order valence-electron chi connectivity index (χ4n) is 3.39. The zero-order valence-corrected chi connectivity index (χ0v) is 18.3. The van der Waals surface area contributed by atoms with Crippen molar-refractivity contribution in [1.29, 1.82) is 0 Å². The Hall–Kier alpha value is -1.75. The number of amides is 2. The van der Waals surface area contributed by atoms with Crippen LogP contribution in [0.3, 0.4) is 0 Å². The van der Waals surface area contributed by atoms with E-state index in [1.807, 2.05) is 17.0 Å². The summed E-state index contributed by atoms with van der Waals surface area (Å²) in [6.07, 6.45) is 2.70. The summed E-state index contributed by atoms with van der Waals surface area (Å²) in [5.74, 6) is 1.31. The van der Waals surface area contributed by atoms with E-state index in [2.05, 4.69) is 39.1 Å². The number of carbonyl (C=O) groups is 2. The molecular formula is C22H33ClN2O3. The molecule has 1 N–H and O–H groups in total. The topological polar surface area (TPSA) is 58.6 Å². The van der Waals surface area contributed by atoms with Gasteiger partial charge in [0.1, 0.15) is 5.75 Å². The van der Waals surface area contributed by atoms with Crippen LogP contribution in [0, 0.1) is 6.92 Å². The van der Waals surface area contributed by atoms with Crippen molar-refractivity contribution in [3.63, 3.8) is 0 Å². The van der Waals surface area contributed by atoms with E-state index < -0.39 is 0 Å². The number of carbonyl (C=O) groups excluding carboxylic acids is 2. The van der Waals surface area contributed by atoms with Gasteiger partial charge in [0.05, 0.1) is 0 Å². The first kappa shape index (κ1) is 22.5. The molecule has 0 radical (unpaired) electrons. The molecule has 1 aromatic carbocycles. The summed E-state index contributed by atoms with van der Waals surface area (Å²) in [6.45, 7) is 9.81. The van der Waals surface area contributed by atoms with E-state index in [0.717, 1.165) is 24.2 Å².